The number of methoxy groups -OCH3 is 2. The molecule has 142 valence electrons. The summed E-state index contributed by atoms with van der Waals surface area (Å²) in [5.74, 6) is 0.468. The van der Waals surface area contributed by atoms with Gasteiger partial charge in [0.15, 0.2) is 11.5 Å². The normalized spacial score (nSPS) is 13.4. The number of hydrogen-bond acceptors (Lipinski definition) is 3. The van der Waals surface area contributed by atoms with Gasteiger partial charge in [-0.25, -0.2) is 0 Å². The summed E-state index contributed by atoms with van der Waals surface area (Å²) in [5, 5.41) is 10.3. The van der Waals surface area contributed by atoms with Gasteiger partial charge in [0.25, 0.3) is 0 Å². The van der Waals surface area contributed by atoms with Gasteiger partial charge >= 0.3 is 12.4 Å². The first-order valence-corrected chi connectivity index (χ1v) is 7.16. The van der Waals surface area contributed by atoms with Crippen LogP contribution in [0.5, 0.6) is 11.5 Å². The zero-order valence-electron chi connectivity index (χ0n) is 13.6. The van der Waals surface area contributed by atoms with Gasteiger partial charge < -0.3 is 14.6 Å². The lowest BCUT2D eigenvalue weighted by atomic mass is 9.96. The van der Waals surface area contributed by atoms with Crippen molar-refractivity contribution < 1.29 is 40.9 Å². The second-order valence-electron chi connectivity index (χ2n) is 5.36. The van der Waals surface area contributed by atoms with E-state index < -0.39 is 35.1 Å². The molecule has 1 N–H and O–H groups in total. The van der Waals surface area contributed by atoms with E-state index in [1.807, 2.05) is 0 Å². The Kier molecular flexibility index (Phi) is 5.41. The Hall–Kier alpha value is -2.42. The Morgan fingerprint density at radius 1 is 0.731 bits per heavy atom. The molecule has 0 saturated carbocycles. The molecule has 0 aliphatic carbocycles. The molecule has 0 bridgehead atoms. The highest BCUT2D eigenvalue weighted by molar-refractivity contribution is 5.46. The van der Waals surface area contributed by atoms with Crippen molar-refractivity contribution in [3.8, 4) is 11.5 Å². The van der Waals surface area contributed by atoms with E-state index in [2.05, 4.69) is 0 Å². The van der Waals surface area contributed by atoms with Crippen LogP contribution in [0.25, 0.3) is 0 Å². The average molecular weight is 380 g/mol. The summed E-state index contributed by atoms with van der Waals surface area (Å²) in [4.78, 5) is 0. The number of alkyl halides is 6. The molecule has 2 aromatic carbocycles. The van der Waals surface area contributed by atoms with E-state index in [4.69, 9.17) is 9.47 Å². The van der Waals surface area contributed by atoms with E-state index in [9.17, 15) is 31.4 Å². The number of aliphatic hydroxyl groups excluding tert-OH is 1. The minimum Gasteiger partial charge on any atom is -0.493 e. The lowest BCUT2D eigenvalue weighted by Gasteiger charge is -2.18. The molecular weight excluding hydrogens is 366 g/mol. The largest absolute Gasteiger partial charge is 0.493 e. The summed E-state index contributed by atoms with van der Waals surface area (Å²) in [6.45, 7) is 0. The summed E-state index contributed by atoms with van der Waals surface area (Å²) in [7, 11) is 2.66. The first-order chi connectivity index (χ1) is 12.0. The third kappa shape index (κ3) is 4.21. The van der Waals surface area contributed by atoms with Crippen molar-refractivity contribution in [3.05, 3.63) is 58.7 Å². The Bertz CT molecular complexity index is 751. The maximum atomic E-state index is 12.9. The van der Waals surface area contributed by atoms with Gasteiger partial charge in [0.1, 0.15) is 6.10 Å². The highest BCUT2D eigenvalue weighted by Gasteiger charge is 2.37. The average Bonchev–Trinajstić information content (AvgIpc) is 2.58. The predicted molar refractivity (Wildman–Crippen MR) is 80.1 cm³/mol. The highest BCUT2D eigenvalue weighted by Crippen LogP contribution is 2.39. The van der Waals surface area contributed by atoms with Crippen LogP contribution in [0.3, 0.4) is 0 Å². The summed E-state index contributed by atoms with van der Waals surface area (Å²) < 4.78 is 87.6. The van der Waals surface area contributed by atoms with Crippen LogP contribution in [-0.2, 0) is 12.4 Å². The summed E-state index contributed by atoms with van der Waals surface area (Å²) in [6, 6.07) is 4.95. The van der Waals surface area contributed by atoms with Crippen LogP contribution in [0.2, 0.25) is 0 Å². The summed E-state index contributed by atoms with van der Waals surface area (Å²) in [6.07, 6.45) is -11.7. The first kappa shape index (κ1) is 19.9. The van der Waals surface area contributed by atoms with E-state index >= 15 is 0 Å². The second kappa shape index (κ2) is 7.06. The molecule has 0 heterocycles. The SMILES string of the molecule is COc1ccc([C@H](O)c2cc(C(F)(F)F)cc(C(F)(F)F)c2)cc1OC. The van der Waals surface area contributed by atoms with Crippen molar-refractivity contribution in [1.82, 2.24) is 0 Å². The topological polar surface area (TPSA) is 38.7 Å². The molecule has 1 atom stereocenters. The number of aliphatic hydroxyl groups is 1. The third-order valence-electron chi connectivity index (χ3n) is 3.65. The monoisotopic (exact) mass is 380 g/mol. The standard InChI is InChI=1S/C17H14F6O3/c1-25-13-4-3-9(7-14(13)26-2)15(24)10-5-11(16(18,19)20)8-12(6-10)17(21,22)23/h3-8,15,24H,1-2H3/t15-/m0/s1. The van der Waals surface area contributed by atoms with E-state index in [0.717, 1.165) is 0 Å². The fraction of sp³-hybridized carbons (Fsp3) is 0.294. The molecule has 0 aliphatic heterocycles. The van der Waals surface area contributed by atoms with E-state index in [0.29, 0.717) is 17.9 Å². The lowest BCUT2D eigenvalue weighted by molar-refractivity contribution is -0.143. The molecule has 26 heavy (non-hydrogen) atoms. The van der Waals surface area contributed by atoms with E-state index in [1.54, 1.807) is 0 Å². The number of hydrogen-bond donors (Lipinski definition) is 1. The minimum absolute atomic E-state index is 0.00479. The van der Waals surface area contributed by atoms with Crippen molar-refractivity contribution in [1.29, 1.82) is 0 Å². The minimum atomic E-state index is -4.99. The summed E-state index contributed by atoms with van der Waals surface area (Å²) >= 11 is 0. The zero-order chi connectivity index (χ0) is 19.7. The van der Waals surface area contributed by atoms with Crippen LogP contribution in [0.4, 0.5) is 26.3 Å². The molecule has 2 aromatic rings. The number of benzene rings is 2. The van der Waals surface area contributed by atoms with Gasteiger partial charge in [-0.1, -0.05) is 6.07 Å². The van der Waals surface area contributed by atoms with Crippen LogP contribution in [-0.4, -0.2) is 19.3 Å². The van der Waals surface area contributed by atoms with E-state index in [1.165, 1.54) is 32.4 Å². The Labute approximate surface area is 144 Å². The fourth-order valence-electron chi connectivity index (χ4n) is 2.35. The Balaban J connectivity index is 2.56. The first-order valence-electron chi connectivity index (χ1n) is 7.16. The molecule has 0 saturated heterocycles. The fourth-order valence-corrected chi connectivity index (χ4v) is 2.35. The van der Waals surface area contributed by atoms with Crippen LogP contribution >= 0.6 is 0 Å². The molecule has 0 unspecified atom stereocenters. The van der Waals surface area contributed by atoms with Crippen molar-refractivity contribution in [2.45, 2.75) is 18.5 Å². The van der Waals surface area contributed by atoms with Crippen LogP contribution in [0.15, 0.2) is 36.4 Å². The van der Waals surface area contributed by atoms with Crippen LogP contribution < -0.4 is 9.47 Å². The molecule has 0 amide bonds. The maximum Gasteiger partial charge on any atom is 0.416 e. The van der Waals surface area contributed by atoms with Crippen LogP contribution in [0.1, 0.15) is 28.4 Å². The number of halogens is 6. The maximum absolute atomic E-state index is 12.9. The second-order valence-corrected chi connectivity index (χ2v) is 5.36. The Morgan fingerprint density at radius 3 is 1.65 bits per heavy atom. The van der Waals surface area contributed by atoms with Crippen molar-refractivity contribution in [2.75, 3.05) is 14.2 Å². The molecule has 0 spiro atoms. The van der Waals surface area contributed by atoms with Gasteiger partial charge in [-0.15, -0.1) is 0 Å². The van der Waals surface area contributed by atoms with Gasteiger partial charge in [-0.3, -0.25) is 0 Å². The van der Waals surface area contributed by atoms with Gasteiger partial charge in [0, 0.05) is 0 Å². The molecule has 0 radical (unpaired) electrons. The lowest BCUT2D eigenvalue weighted by Crippen LogP contribution is -2.13. The highest BCUT2D eigenvalue weighted by atomic mass is 19.4. The third-order valence-corrected chi connectivity index (χ3v) is 3.65. The van der Waals surface area contributed by atoms with Crippen molar-refractivity contribution in [2.24, 2.45) is 0 Å². The quantitative estimate of drug-likeness (QED) is 0.773. The number of rotatable bonds is 4. The van der Waals surface area contributed by atoms with Gasteiger partial charge in [0.05, 0.1) is 25.3 Å². The van der Waals surface area contributed by atoms with Crippen molar-refractivity contribution in [3.63, 3.8) is 0 Å². The van der Waals surface area contributed by atoms with Crippen molar-refractivity contribution >= 4 is 0 Å². The molecule has 0 aliphatic rings. The molecular formula is C17H14F6O3. The molecule has 0 fully saturated rings. The van der Waals surface area contributed by atoms with E-state index in [-0.39, 0.29) is 17.4 Å². The van der Waals surface area contributed by atoms with Crippen LogP contribution in [0, 0.1) is 0 Å². The molecule has 2 rings (SSSR count). The summed E-state index contributed by atoms with van der Waals surface area (Å²) in [5.41, 5.74) is -3.49. The predicted octanol–water partition coefficient (Wildman–Crippen LogP) is 4.82. The smallest absolute Gasteiger partial charge is 0.416 e. The van der Waals surface area contributed by atoms with Gasteiger partial charge in [-0.05, 0) is 41.5 Å². The number of ether oxygens (including phenoxy) is 2. The Morgan fingerprint density at radius 2 is 1.23 bits per heavy atom. The van der Waals surface area contributed by atoms with Gasteiger partial charge in [0.2, 0.25) is 0 Å². The van der Waals surface area contributed by atoms with Gasteiger partial charge in [-0.2, -0.15) is 26.3 Å². The molecule has 0 aromatic heterocycles. The molecule has 9 heteroatoms. The zero-order valence-corrected chi connectivity index (χ0v) is 13.6. The molecule has 3 nitrogen and oxygen atoms in total.